The Bertz CT molecular complexity index is 1890. The summed E-state index contributed by atoms with van der Waals surface area (Å²) in [6.07, 6.45) is 14.9. The highest BCUT2D eigenvalue weighted by Gasteiger charge is 2.45. The number of likely N-dealkylation sites (N-methyl/N-ethyl adjacent to an activating group) is 1. The Kier molecular flexibility index (Phi) is 9.60. The maximum Gasteiger partial charge on any atom is 0.319 e. The zero-order valence-electron chi connectivity index (χ0n) is 28.2. The lowest BCUT2D eigenvalue weighted by Gasteiger charge is -2.31. The van der Waals surface area contributed by atoms with Gasteiger partial charge >= 0.3 is 6.01 Å². The molecule has 6 heterocycles. The number of likely N-dealkylation sites (tertiary alicyclic amines) is 1. The number of aromatic nitrogens is 3. The van der Waals surface area contributed by atoms with Crippen LogP contribution in [0.3, 0.4) is 0 Å². The minimum atomic E-state index is -0.566. The number of carbonyl (C=O) groups excluding carboxylic acids is 1. The second-order valence-electron chi connectivity index (χ2n) is 13.8. The molecule has 4 fully saturated rings. The van der Waals surface area contributed by atoms with Crippen molar-refractivity contribution in [2.24, 2.45) is 0 Å². The number of halogens is 2. The number of rotatable bonds is 6. The van der Waals surface area contributed by atoms with E-state index in [4.69, 9.17) is 27.7 Å². The molecule has 0 saturated carbocycles. The van der Waals surface area contributed by atoms with E-state index >= 15 is 4.39 Å². The number of fused-ring (bicyclic) bond motifs is 3. The smallest absolute Gasteiger partial charge is 0.319 e. The monoisotopic (exact) mass is 683 g/mol. The van der Waals surface area contributed by atoms with Gasteiger partial charge in [0, 0.05) is 54.4 Å². The molecule has 2 unspecified atom stereocenters. The Morgan fingerprint density at radius 1 is 1.14 bits per heavy atom. The molecule has 4 aliphatic rings. The first kappa shape index (κ1) is 33.5. The zero-order valence-corrected chi connectivity index (χ0v) is 29.0. The second-order valence-corrected chi connectivity index (χ2v) is 14.2. The van der Waals surface area contributed by atoms with E-state index in [9.17, 15) is 4.79 Å². The average molecular weight is 684 g/mol. The van der Waals surface area contributed by atoms with Crippen molar-refractivity contribution >= 4 is 45.0 Å². The highest BCUT2D eigenvalue weighted by atomic mass is 35.5. The first-order valence-corrected chi connectivity index (χ1v) is 17.8. The molecule has 0 radical (unpaired) electrons. The molecular weight excluding hydrogens is 641 g/mol. The molecule has 11 heteroatoms. The van der Waals surface area contributed by atoms with E-state index in [0.717, 1.165) is 55.6 Å². The van der Waals surface area contributed by atoms with Crippen molar-refractivity contribution in [1.29, 1.82) is 0 Å². The summed E-state index contributed by atoms with van der Waals surface area (Å²) in [6, 6.07) is 12.1. The van der Waals surface area contributed by atoms with Gasteiger partial charge in [-0.3, -0.25) is 14.7 Å². The third-order valence-corrected chi connectivity index (χ3v) is 11.1. The van der Waals surface area contributed by atoms with Crippen LogP contribution in [-0.2, 0) is 4.79 Å². The summed E-state index contributed by atoms with van der Waals surface area (Å²) in [5, 5.41) is 5.92. The summed E-state index contributed by atoms with van der Waals surface area (Å²) < 4.78 is 23.0. The van der Waals surface area contributed by atoms with Gasteiger partial charge in [0.15, 0.2) is 5.82 Å². The number of anilines is 1. The van der Waals surface area contributed by atoms with E-state index in [1.54, 1.807) is 17.2 Å². The Hall–Kier alpha value is -4.04. The van der Waals surface area contributed by atoms with Crippen molar-refractivity contribution in [2.45, 2.75) is 69.5 Å². The molecule has 0 aliphatic carbocycles. The summed E-state index contributed by atoms with van der Waals surface area (Å²) in [5.74, 6) is 1.80. The van der Waals surface area contributed by atoms with Gasteiger partial charge in [-0.15, -0.1) is 6.42 Å². The molecule has 2 aromatic carbocycles. The molecular formula is C38H43ClFN7O2. The number of nitrogens with zero attached hydrogens (tertiary/aromatic N) is 6. The number of pyridine rings is 1. The van der Waals surface area contributed by atoms with Crippen LogP contribution >= 0.6 is 11.6 Å². The van der Waals surface area contributed by atoms with Crippen molar-refractivity contribution in [3.8, 4) is 29.6 Å². The fourth-order valence-corrected chi connectivity index (χ4v) is 8.34. The Morgan fingerprint density at radius 3 is 2.61 bits per heavy atom. The van der Waals surface area contributed by atoms with E-state index in [1.165, 1.54) is 19.4 Å². The molecule has 0 bridgehead atoms. The molecule has 0 spiro atoms. The molecule has 4 aliphatic heterocycles. The van der Waals surface area contributed by atoms with Gasteiger partial charge in [0.05, 0.1) is 10.9 Å². The lowest BCUT2D eigenvalue weighted by atomic mass is 9.95. The molecule has 2 atom stereocenters. The number of benzene rings is 2. The van der Waals surface area contributed by atoms with Crippen LogP contribution in [0.2, 0.25) is 5.02 Å². The number of hydrogen-bond acceptors (Lipinski definition) is 8. The van der Waals surface area contributed by atoms with Crippen LogP contribution in [0, 0.1) is 18.2 Å². The summed E-state index contributed by atoms with van der Waals surface area (Å²) >= 11 is 6.59. The van der Waals surface area contributed by atoms with Crippen LogP contribution < -0.4 is 15.0 Å². The lowest BCUT2D eigenvalue weighted by Crippen LogP contribution is -2.43. The van der Waals surface area contributed by atoms with Crippen molar-refractivity contribution in [3.63, 3.8) is 0 Å². The normalized spacial score (nSPS) is 21.4. The maximum atomic E-state index is 16.6. The third-order valence-electron chi connectivity index (χ3n) is 10.8. The largest absolute Gasteiger partial charge is 0.461 e. The van der Waals surface area contributed by atoms with Crippen molar-refractivity contribution in [1.82, 2.24) is 30.1 Å². The molecule has 8 rings (SSSR count). The quantitative estimate of drug-likeness (QED) is 0.245. The van der Waals surface area contributed by atoms with Crippen LogP contribution in [0.25, 0.3) is 32.9 Å². The molecule has 49 heavy (non-hydrogen) atoms. The van der Waals surface area contributed by atoms with Crippen LogP contribution in [0.1, 0.15) is 51.9 Å². The molecule has 1 N–H and O–H groups in total. The van der Waals surface area contributed by atoms with Gasteiger partial charge in [-0.05, 0) is 88.9 Å². The van der Waals surface area contributed by atoms with Crippen LogP contribution in [-0.4, -0.2) is 94.7 Å². The average Bonchev–Trinajstić information content (AvgIpc) is 3.93. The Balaban J connectivity index is 0.000000571. The van der Waals surface area contributed by atoms with Crippen LogP contribution in [0.4, 0.5) is 10.2 Å². The number of hydrogen-bond donors (Lipinski definition) is 1. The molecule has 9 nitrogen and oxygen atoms in total. The van der Waals surface area contributed by atoms with Crippen molar-refractivity contribution in [3.05, 3.63) is 53.4 Å². The van der Waals surface area contributed by atoms with Crippen molar-refractivity contribution in [2.75, 3.05) is 51.3 Å². The SMILES string of the molecule is C#CC(=O)N1CCC(N(C)c2nc(OCC34CCCN3CCC4)nc3c(F)c(-c4cccc5cccc(Cl)c45)ncc23)C1.CC1CCCN1. The van der Waals surface area contributed by atoms with E-state index in [1.807, 2.05) is 42.3 Å². The standard InChI is InChI=1S/C33H32ClFN6O2.C5H11N/c1-3-26(42)40-17-12-22(19-40)39(2)31-24-18-36-29(23-10-4-8-21-9-5-11-25(34)27(21)23)28(35)30(24)37-32(38-31)43-20-33-13-6-15-41(33)16-7-14-33;1-5-3-2-4-6-5/h1,4-5,8-11,18,22H,6-7,12-17,19-20H2,2H3;5-6H,2-4H2,1H3. The maximum absolute atomic E-state index is 16.6. The van der Waals surface area contributed by atoms with Gasteiger partial charge in [0.25, 0.3) is 5.91 Å². The minimum Gasteiger partial charge on any atom is -0.461 e. The summed E-state index contributed by atoms with van der Waals surface area (Å²) in [7, 11) is 1.89. The van der Waals surface area contributed by atoms with Gasteiger partial charge < -0.3 is 19.9 Å². The number of terminal acetylenes is 1. The van der Waals surface area contributed by atoms with Gasteiger partial charge in [0.2, 0.25) is 0 Å². The third kappa shape index (κ3) is 6.52. The summed E-state index contributed by atoms with van der Waals surface area (Å²) in [6.45, 7) is 7.05. The fourth-order valence-electron chi connectivity index (χ4n) is 8.06. The van der Waals surface area contributed by atoms with E-state index in [-0.39, 0.29) is 34.7 Å². The molecule has 2 aromatic heterocycles. The van der Waals surface area contributed by atoms with Crippen molar-refractivity contribution < 1.29 is 13.9 Å². The van der Waals surface area contributed by atoms with Gasteiger partial charge in [-0.2, -0.15) is 9.97 Å². The first-order chi connectivity index (χ1) is 23.8. The van der Waals surface area contributed by atoms with Gasteiger partial charge in [-0.25, -0.2) is 4.39 Å². The first-order valence-electron chi connectivity index (χ1n) is 17.4. The molecule has 256 valence electrons. The Labute approximate surface area is 292 Å². The topological polar surface area (TPSA) is 86.7 Å². The number of ether oxygens (including phenoxy) is 1. The van der Waals surface area contributed by atoms with E-state index in [0.29, 0.717) is 47.9 Å². The minimum absolute atomic E-state index is 0.0203. The fraction of sp³-hybridized carbons (Fsp3) is 0.474. The summed E-state index contributed by atoms with van der Waals surface area (Å²) in [4.78, 5) is 32.3. The highest BCUT2D eigenvalue weighted by Crippen LogP contribution is 2.40. The second kappa shape index (κ2) is 14.1. The van der Waals surface area contributed by atoms with E-state index < -0.39 is 5.82 Å². The van der Waals surface area contributed by atoms with Gasteiger partial charge in [-0.1, -0.05) is 41.9 Å². The number of amides is 1. The lowest BCUT2D eigenvalue weighted by molar-refractivity contribution is -0.124. The number of carbonyl (C=O) groups is 1. The summed E-state index contributed by atoms with van der Waals surface area (Å²) in [5.41, 5.74) is 0.854. The van der Waals surface area contributed by atoms with Gasteiger partial charge in [0.1, 0.15) is 23.6 Å². The van der Waals surface area contributed by atoms with E-state index in [2.05, 4.69) is 33.0 Å². The van der Waals surface area contributed by atoms with Crippen LogP contribution in [0.5, 0.6) is 6.01 Å². The number of nitrogens with one attached hydrogen (secondary N) is 1. The predicted octanol–water partition coefficient (Wildman–Crippen LogP) is 6.07. The highest BCUT2D eigenvalue weighted by molar-refractivity contribution is 6.36. The zero-order chi connectivity index (χ0) is 34.1. The predicted molar refractivity (Wildman–Crippen MR) is 192 cm³/mol. The Morgan fingerprint density at radius 2 is 1.92 bits per heavy atom. The molecule has 4 aromatic rings. The molecule has 1 amide bonds. The van der Waals surface area contributed by atoms with Crippen LogP contribution in [0.15, 0.2) is 42.6 Å². The molecule has 4 saturated heterocycles.